The van der Waals surface area contributed by atoms with Gasteiger partial charge in [0.1, 0.15) is 23.8 Å². The van der Waals surface area contributed by atoms with Crippen LogP contribution < -0.4 is 15.4 Å². The predicted octanol–water partition coefficient (Wildman–Crippen LogP) is 1.77. The minimum absolute atomic E-state index is 0.00190. The van der Waals surface area contributed by atoms with Crippen LogP contribution in [0, 0.1) is 17.0 Å². The highest BCUT2D eigenvalue weighted by atomic mass is 16.6. The summed E-state index contributed by atoms with van der Waals surface area (Å²) in [6, 6.07) is 7.11. The van der Waals surface area contributed by atoms with Gasteiger partial charge >= 0.3 is 6.03 Å². The molecule has 1 aromatic carbocycles. The van der Waals surface area contributed by atoms with Gasteiger partial charge in [0.25, 0.3) is 5.69 Å². The lowest BCUT2D eigenvalue weighted by Gasteiger charge is -2.08. The molecule has 0 saturated heterocycles. The van der Waals surface area contributed by atoms with Gasteiger partial charge in [0.05, 0.1) is 18.0 Å². The number of urea groups is 1. The Morgan fingerprint density at radius 1 is 1.35 bits per heavy atom. The number of hydrogen-bond acceptors (Lipinski definition) is 6. The first-order valence-corrected chi connectivity index (χ1v) is 6.86. The van der Waals surface area contributed by atoms with Crippen LogP contribution in [0.25, 0.3) is 0 Å². The van der Waals surface area contributed by atoms with Gasteiger partial charge in [-0.1, -0.05) is 5.16 Å². The molecule has 0 unspecified atom stereocenters. The van der Waals surface area contributed by atoms with Gasteiger partial charge in [-0.25, -0.2) is 4.79 Å². The van der Waals surface area contributed by atoms with Crippen molar-refractivity contribution >= 4 is 11.7 Å². The Balaban J connectivity index is 1.62. The standard InChI is InChI=1S/C14H16N4O5/c1-10-8-11(17-23-10)9-16-14(19)15-6-7-22-13-4-2-12(3-5-13)18(20)21/h2-5,8H,6-7,9H2,1H3,(H2,15,16,19). The molecule has 0 aliphatic carbocycles. The molecule has 2 N–H and O–H groups in total. The van der Waals surface area contributed by atoms with E-state index in [1.54, 1.807) is 13.0 Å². The molecule has 1 heterocycles. The van der Waals surface area contributed by atoms with Gasteiger partial charge < -0.3 is 19.9 Å². The van der Waals surface area contributed by atoms with Crippen LogP contribution in [-0.2, 0) is 6.54 Å². The lowest BCUT2D eigenvalue weighted by Crippen LogP contribution is -2.37. The molecule has 9 nitrogen and oxygen atoms in total. The number of aromatic nitrogens is 1. The zero-order valence-corrected chi connectivity index (χ0v) is 12.4. The number of nitrogens with zero attached hydrogens (tertiary/aromatic N) is 2. The fraction of sp³-hybridized carbons (Fsp3) is 0.286. The molecule has 0 radical (unpaired) electrons. The summed E-state index contributed by atoms with van der Waals surface area (Å²) in [5.41, 5.74) is 0.637. The Kier molecular flexibility index (Phi) is 5.50. The summed E-state index contributed by atoms with van der Waals surface area (Å²) < 4.78 is 10.2. The van der Waals surface area contributed by atoms with Crippen LogP contribution in [0.2, 0.25) is 0 Å². The molecule has 0 saturated carbocycles. The maximum Gasteiger partial charge on any atom is 0.315 e. The second-order valence-electron chi connectivity index (χ2n) is 4.64. The molecule has 0 aliphatic heterocycles. The Morgan fingerprint density at radius 2 is 2.09 bits per heavy atom. The highest BCUT2D eigenvalue weighted by Gasteiger charge is 2.05. The predicted molar refractivity (Wildman–Crippen MR) is 80.1 cm³/mol. The number of non-ortho nitro benzene ring substituents is 1. The van der Waals surface area contributed by atoms with Crippen LogP contribution in [0.4, 0.5) is 10.5 Å². The maximum absolute atomic E-state index is 11.5. The topological polar surface area (TPSA) is 120 Å². The number of rotatable bonds is 7. The molecule has 1 aromatic heterocycles. The molecular weight excluding hydrogens is 304 g/mol. The number of aryl methyl sites for hydroxylation is 1. The van der Waals surface area contributed by atoms with E-state index in [9.17, 15) is 14.9 Å². The average molecular weight is 320 g/mol. The van der Waals surface area contributed by atoms with Crippen LogP contribution in [0.15, 0.2) is 34.9 Å². The van der Waals surface area contributed by atoms with Crippen molar-refractivity contribution < 1.29 is 19.0 Å². The smallest absolute Gasteiger partial charge is 0.315 e. The van der Waals surface area contributed by atoms with E-state index in [-0.39, 0.29) is 24.9 Å². The zero-order chi connectivity index (χ0) is 16.7. The molecule has 23 heavy (non-hydrogen) atoms. The van der Waals surface area contributed by atoms with Crippen molar-refractivity contribution in [3.8, 4) is 5.75 Å². The van der Waals surface area contributed by atoms with Gasteiger partial charge in [0.2, 0.25) is 0 Å². The molecule has 2 aromatic rings. The summed E-state index contributed by atoms with van der Waals surface area (Å²) in [5, 5.41) is 19.5. The summed E-state index contributed by atoms with van der Waals surface area (Å²) in [5.74, 6) is 1.18. The summed E-state index contributed by atoms with van der Waals surface area (Å²) in [7, 11) is 0. The number of benzene rings is 1. The van der Waals surface area contributed by atoms with Gasteiger partial charge in [0, 0.05) is 18.2 Å². The maximum atomic E-state index is 11.5. The molecule has 122 valence electrons. The minimum atomic E-state index is -0.480. The number of nitro groups is 1. The summed E-state index contributed by atoms with van der Waals surface area (Å²) in [6.45, 7) is 2.58. The van der Waals surface area contributed by atoms with Gasteiger partial charge in [-0.15, -0.1) is 0 Å². The van der Waals surface area contributed by atoms with E-state index in [0.717, 1.165) is 0 Å². The average Bonchev–Trinajstić information content (AvgIpc) is 2.95. The van der Waals surface area contributed by atoms with E-state index in [2.05, 4.69) is 15.8 Å². The third-order valence-electron chi connectivity index (χ3n) is 2.81. The highest BCUT2D eigenvalue weighted by molar-refractivity contribution is 5.73. The van der Waals surface area contributed by atoms with Crippen LogP contribution in [-0.4, -0.2) is 29.3 Å². The lowest BCUT2D eigenvalue weighted by atomic mass is 10.3. The molecule has 2 amide bonds. The molecule has 2 rings (SSSR count). The van der Waals surface area contributed by atoms with Crippen LogP contribution >= 0.6 is 0 Å². The summed E-state index contributed by atoms with van der Waals surface area (Å²) >= 11 is 0. The van der Waals surface area contributed by atoms with E-state index in [4.69, 9.17) is 9.26 Å². The minimum Gasteiger partial charge on any atom is -0.492 e. The number of nitro benzene ring substituents is 1. The lowest BCUT2D eigenvalue weighted by molar-refractivity contribution is -0.384. The highest BCUT2D eigenvalue weighted by Crippen LogP contribution is 2.16. The first kappa shape index (κ1) is 16.3. The van der Waals surface area contributed by atoms with Gasteiger partial charge in [0.15, 0.2) is 0 Å². The quantitative estimate of drug-likeness (QED) is 0.456. The third-order valence-corrected chi connectivity index (χ3v) is 2.81. The van der Waals surface area contributed by atoms with Crippen molar-refractivity contribution in [1.82, 2.24) is 15.8 Å². The monoisotopic (exact) mass is 320 g/mol. The number of carbonyl (C=O) groups excluding carboxylic acids is 1. The number of hydrogen-bond donors (Lipinski definition) is 2. The molecule has 0 atom stereocenters. The summed E-state index contributed by atoms with van der Waals surface area (Å²) in [6.07, 6.45) is 0. The summed E-state index contributed by atoms with van der Waals surface area (Å²) in [4.78, 5) is 21.6. The van der Waals surface area contributed by atoms with E-state index in [0.29, 0.717) is 23.7 Å². The van der Waals surface area contributed by atoms with Gasteiger partial charge in [-0.2, -0.15) is 0 Å². The van der Waals surface area contributed by atoms with Crippen LogP contribution in [0.1, 0.15) is 11.5 Å². The third kappa shape index (κ3) is 5.30. The van der Waals surface area contributed by atoms with Crippen molar-refractivity contribution in [2.24, 2.45) is 0 Å². The Labute approximate surface area is 131 Å². The number of nitrogens with one attached hydrogen (secondary N) is 2. The molecule has 0 bridgehead atoms. The number of ether oxygens (including phenoxy) is 1. The van der Waals surface area contributed by atoms with E-state index in [1.807, 2.05) is 0 Å². The number of carbonyl (C=O) groups is 1. The fourth-order valence-corrected chi connectivity index (χ4v) is 1.73. The SMILES string of the molecule is Cc1cc(CNC(=O)NCCOc2ccc([N+](=O)[O-])cc2)no1. The molecule has 9 heteroatoms. The Morgan fingerprint density at radius 3 is 2.70 bits per heavy atom. The van der Waals surface area contributed by atoms with Crippen molar-refractivity contribution in [3.63, 3.8) is 0 Å². The second kappa shape index (κ2) is 7.78. The normalized spacial score (nSPS) is 10.1. The molecular formula is C14H16N4O5. The van der Waals surface area contributed by atoms with E-state index in [1.165, 1.54) is 24.3 Å². The van der Waals surface area contributed by atoms with Crippen LogP contribution in [0.3, 0.4) is 0 Å². The van der Waals surface area contributed by atoms with Crippen molar-refractivity contribution in [2.75, 3.05) is 13.2 Å². The van der Waals surface area contributed by atoms with E-state index >= 15 is 0 Å². The number of amides is 2. The van der Waals surface area contributed by atoms with E-state index < -0.39 is 4.92 Å². The first-order chi connectivity index (χ1) is 11.0. The zero-order valence-electron chi connectivity index (χ0n) is 12.4. The largest absolute Gasteiger partial charge is 0.492 e. The molecule has 0 aliphatic rings. The van der Waals surface area contributed by atoms with Crippen molar-refractivity contribution in [1.29, 1.82) is 0 Å². The van der Waals surface area contributed by atoms with Gasteiger partial charge in [-0.05, 0) is 19.1 Å². The first-order valence-electron chi connectivity index (χ1n) is 6.86. The fourth-order valence-electron chi connectivity index (χ4n) is 1.73. The Bertz CT molecular complexity index is 668. The van der Waals surface area contributed by atoms with Crippen molar-refractivity contribution in [3.05, 3.63) is 51.9 Å². The van der Waals surface area contributed by atoms with Gasteiger partial charge in [-0.3, -0.25) is 10.1 Å². The van der Waals surface area contributed by atoms with Crippen LogP contribution in [0.5, 0.6) is 5.75 Å². The Hall–Kier alpha value is -3.10. The molecule has 0 spiro atoms. The second-order valence-corrected chi connectivity index (χ2v) is 4.64. The molecule has 0 fully saturated rings. The van der Waals surface area contributed by atoms with Crippen molar-refractivity contribution in [2.45, 2.75) is 13.5 Å².